The molecule has 0 radical (unpaired) electrons. The van der Waals surface area contributed by atoms with Gasteiger partial charge >= 0.3 is 0 Å². The molecule has 116 valence electrons. The maximum Gasteiger partial charge on any atom is 0.231 e. The van der Waals surface area contributed by atoms with Crippen molar-refractivity contribution in [1.29, 1.82) is 0 Å². The van der Waals surface area contributed by atoms with Crippen molar-refractivity contribution < 1.29 is 9.47 Å². The minimum atomic E-state index is 0.253. The summed E-state index contributed by atoms with van der Waals surface area (Å²) in [6.07, 6.45) is 0. The van der Waals surface area contributed by atoms with Gasteiger partial charge in [0, 0.05) is 16.8 Å². The van der Waals surface area contributed by atoms with Crippen LogP contribution >= 0.6 is 35.2 Å². The molecule has 0 fully saturated rings. The van der Waals surface area contributed by atoms with Gasteiger partial charge in [0.1, 0.15) is 0 Å². The Bertz CT molecular complexity index is 921. The highest BCUT2D eigenvalue weighted by Crippen LogP contribution is 2.35. The zero-order valence-corrected chi connectivity index (χ0v) is 14.0. The van der Waals surface area contributed by atoms with Gasteiger partial charge in [0.05, 0.1) is 5.69 Å². The van der Waals surface area contributed by atoms with Crippen molar-refractivity contribution in [2.45, 2.75) is 0 Å². The molecule has 1 aliphatic heterocycles. The molecule has 2 heterocycles. The smallest absolute Gasteiger partial charge is 0.231 e. The van der Waals surface area contributed by atoms with Crippen LogP contribution in [0.5, 0.6) is 11.5 Å². The normalized spacial score (nSPS) is 12.4. The lowest BCUT2D eigenvalue weighted by Gasteiger charge is -2.04. The van der Waals surface area contributed by atoms with E-state index in [0.29, 0.717) is 14.1 Å². The Morgan fingerprint density at radius 1 is 1.13 bits per heavy atom. The predicted octanol–water partition coefficient (Wildman–Crippen LogP) is 4.79. The molecule has 0 unspecified atom stereocenters. The van der Waals surface area contributed by atoms with Gasteiger partial charge in [-0.15, -0.1) is 5.10 Å². The lowest BCUT2D eigenvalue weighted by molar-refractivity contribution is 0.174. The second kappa shape index (κ2) is 5.84. The minimum absolute atomic E-state index is 0.253. The van der Waals surface area contributed by atoms with Gasteiger partial charge in [-0.2, -0.15) is 0 Å². The van der Waals surface area contributed by atoms with Crippen LogP contribution in [0.15, 0.2) is 42.5 Å². The summed E-state index contributed by atoms with van der Waals surface area (Å²) >= 11 is 12.7. The first-order valence-corrected chi connectivity index (χ1v) is 8.32. The molecular weight excluding hydrogens is 354 g/mol. The van der Waals surface area contributed by atoms with Crippen molar-refractivity contribution in [3.8, 4) is 17.2 Å². The van der Waals surface area contributed by atoms with Crippen LogP contribution in [0.25, 0.3) is 5.69 Å². The number of nitrogens with zero attached hydrogens (tertiary/aromatic N) is 2. The molecule has 1 aliphatic rings. The zero-order valence-electron chi connectivity index (χ0n) is 11.7. The van der Waals surface area contributed by atoms with Gasteiger partial charge in [0.2, 0.25) is 11.9 Å². The highest BCUT2D eigenvalue weighted by Gasteiger charge is 2.14. The second-order valence-electron chi connectivity index (χ2n) is 4.75. The van der Waals surface area contributed by atoms with Crippen LogP contribution in [0, 0.1) is 3.95 Å². The molecule has 0 spiro atoms. The zero-order chi connectivity index (χ0) is 15.8. The van der Waals surface area contributed by atoms with Crippen LogP contribution in [-0.2, 0) is 0 Å². The average Bonchev–Trinajstić information content (AvgIpc) is 3.14. The fourth-order valence-electron chi connectivity index (χ4n) is 2.17. The molecule has 0 atom stereocenters. The molecular formula is C15H10ClN3O2S2. The number of ether oxygens (including phenoxy) is 2. The largest absolute Gasteiger partial charge is 0.454 e. The van der Waals surface area contributed by atoms with E-state index in [-0.39, 0.29) is 6.79 Å². The molecule has 8 heteroatoms. The van der Waals surface area contributed by atoms with E-state index < -0.39 is 0 Å². The number of hydrogen-bond donors (Lipinski definition) is 1. The summed E-state index contributed by atoms with van der Waals surface area (Å²) in [6.45, 7) is 0.253. The third kappa shape index (κ3) is 2.90. The fraction of sp³-hybridized carbons (Fsp3) is 0.0667. The predicted molar refractivity (Wildman–Crippen MR) is 93.1 cm³/mol. The van der Waals surface area contributed by atoms with Crippen molar-refractivity contribution in [1.82, 2.24) is 9.78 Å². The van der Waals surface area contributed by atoms with E-state index in [9.17, 15) is 0 Å². The van der Waals surface area contributed by atoms with E-state index in [1.54, 1.807) is 4.68 Å². The first kappa shape index (κ1) is 14.5. The minimum Gasteiger partial charge on any atom is -0.454 e. The summed E-state index contributed by atoms with van der Waals surface area (Å²) in [5.74, 6) is 1.46. The third-order valence-corrected chi connectivity index (χ3v) is 4.64. The summed E-state index contributed by atoms with van der Waals surface area (Å²) in [5, 5.41) is 9.11. The van der Waals surface area contributed by atoms with E-state index >= 15 is 0 Å². The summed E-state index contributed by atoms with van der Waals surface area (Å²) in [4.78, 5) is 0. The molecule has 3 aromatic rings. The van der Waals surface area contributed by atoms with Gasteiger partial charge in [-0.05, 0) is 48.6 Å². The molecule has 4 rings (SSSR count). The van der Waals surface area contributed by atoms with E-state index in [1.165, 1.54) is 11.3 Å². The van der Waals surface area contributed by atoms with Gasteiger partial charge in [-0.1, -0.05) is 22.9 Å². The number of halogens is 1. The van der Waals surface area contributed by atoms with Gasteiger partial charge in [-0.25, -0.2) is 4.68 Å². The average molecular weight is 364 g/mol. The lowest BCUT2D eigenvalue weighted by atomic mass is 10.3. The Kier molecular flexibility index (Phi) is 3.68. The highest BCUT2D eigenvalue weighted by atomic mass is 35.5. The molecule has 1 N–H and O–H groups in total. The first-order valence-electron chi connectivity index (χ1n) is 6.72. The van der Waals surface area contributed by atoms with Gasteiger partial charge < -0.3 is 14.8 Å². The monoisotopic (exact) mass is 363 g/mol. The van der Waals surface area contributed by atoms with Gasteiger partial charge in [0.15, 0.2) is 15.5 Å². The molecule has 0 bridgehead atoms. The molecule has 1 aromatic heterocycles. The second-order valence-corrected chi connectivity index (χ2v) is 6.81. The Morgan fingerprint density at radius 2 is 1.91 bits per heavy atom. The summed E-state index contributed by atoms with van der Waals surface area (Å²) in [7, 11) is 0. The highest BCUT2D eigenvalue weighted by molar-refractivity contribution is 7.73. The number of rotatable bonds is 3. The quantitative estimate of drug-likeness (QED) is 0.678. The molecule has 0 saturated carbocycles. The number of nitrogens with one attached hydrogen (secondary N) is 1. The van der Waals surface area contributed by atoms with Crippen LogP contribution in [0.3, 0.4) is 0 Å². The molecule has 2 aromatic carbocycles. The van der Waals surface area contributed by atoms with Crippen molar-refractivity contribution in [2.24, 2.45) is 0 Å². The summed E-state index contributed by atoms with van der Waals surface area (Å²) < 4.78 is 13.0. The van der Waals surface area contributed by atoms with Crippen LogP contribution < -0.4 is 14.8 Å². The van der Waals surface area contributed by atoms with E-state index in [4.69, 9.17) is 33.3 Å². The van der Waals surface area contributed by atoms with Crippen LogP contribution in [0.4, 0.5) is 10.8 Å². The molecule has 0 aliphatic carbocycles. The Hall–Kier alpha value is -2.09. The fourth-order valence-corrected chi connectivity index (χ4v) is 3.37. The SMILES string of the molecule is S=c1sc(Nc2ccc3c(c2)OCO3)nn1-c1ccc(Cl)cc1. The number of aromatic nitrogens is 2. The van der Waals surface area contributed by atoms with Gasteiger partial charge in [-0.3, -0.25) is 0 Å². The summed E-state index contributed by atoms with van der Waals surface area (Å²) in [5.41, 5.74) is 1.73. The summed E-state index contributed by atoms with van der Waals surface area (Å²) in [6, 6.07) is 13.0. The number of hydrogen-bond acceptors (Lipinski definition) is 6. The van der Waals surface area contributed by atoms with Crippen LogP contribution in [0.2, 0.25) is 5.02 Å². The number of benzene rings is 2. The van der Waals surface area contributed by atoms with Crippen LogP contribution in [-0.4, -0.2) is 16.6 Å². The van der Waals surface area contributed by atoms with Crippen LogP contribution in [0.1, 0.15) is 0 Å². The standard InChI is InChI=1S/C15H10ClN3O2S2/c16-9-1-4-11(5-2-9)19-15(22)23-14(18-19)17-10-3-6-12-13(7-10)21-8-20-12/h1-7H,8H2,(H,17,18). The maximum absolute atomic E-state index is 5.91. The number of anilines is 2. The third-order valence-electron chi connectivity index (χ3n) is 3.24. The van der Waals surface area contributed by atoms with E-state index in [0.717, 1.165) is 22.9 Å². The molecule has 0 amide bonds. The van der Waals surface area contributed by atoms with Crippen molar-refractivity contribution in [3.05, 3.63) is 51.4 Å². The van der Waals surface area contributed by atoms with Crippen molar-refractivity contribution in [2.75, 3.05) is 12.1 Å². The van der Waals surface area contributed by atoms with E-state index in [2.05, 4.69) is 10.4 Å². The molecule has 23 heavy (non-hydrogen) atoms. The Labute approximate surface area is 146 Å². The molecule has 0 saturated heterocycles. The van der Waals surface area contributed by atoms with Gasteiger partial charge in [0.25, 0.3) is 0 Å². The maximum atomic E-state index is 5.91. The Morgan fingerprint density at radius 3 is 2.74 bits per heavy atom. The molecule has 5 nitrogen and oxygen atoms in total. The number of fused-ring (bicyclic) bond motifs is 1. The Balaban J connectivity index is 1.62. The van der Waals surface area contributed by atoms with Crippen molar-refractivity contribution >= 4 is 46.0 Å². The lowest BCUT2D eigenvalue weighted by Crippen LogP contribution is -1.97. The van der Waals surface area contributed by atoms with Crippen molar-refractivity contribution in [3.63, 3.8) is 0 Å². The first-order chi connectivity index (χ1) is 11.2. The van der Waals surface area contributed by atoms with E-state index in [1.807, 2.05) is 42.5 Å². The topological polar surface area (TPSA) is 48.3 Å².